The summed E-state index contributed by atoms with van der Waals surface area (Å²) in [4.78, 5) is 12.8. The smallest absolute Gasteiger partial charge is 0.457 e. The second kappa shape index (κ2) is 9.41. The zero-order valence-electron chi connectivity index (χ0n) is 19.8. The number of rotatable bonds is 9. The highest BCUT2D eigenvalue weighted by molar-refractivity contribution is 14.1. The van der Waals surface area contributed by atoms with Gasteiger partial charge in [0.2, 0.25) is 0 Å². The van der Waals surface area contributed by atoms with Crippen LogP contribution in [-0.4, -0.2) is 51.3 Å². The van der Waals surface area contributed by atoms with Gasteiger partial charge < -0.3 is 4.74 Å². The minimum atomic E-state index is -7.96. The zero-order valence-corrected chi connectivity index (χ0v) is 22.0. The fraction of sp³-hybridized carbons (Fsp3) is 0.955. The van der Waals surface area contributed by atoms with E-state index in [1.165, 1.54) is 0 Å². The summed E-state index contributed by atoms with van der Waals surface area (Å²) in [5, 5.41) is 0. The third-order valence-corrected chi connectivity index (χ3v) is 9.23. The van der Waals surface area contributed by atoms with Crippen molar-refractivity contribution in [2.45, 2.75) is 97.7 Å². The van der Waals surface area contributed by atoms with Crippen LogP contribution in [0.25, 0.3) is 0 Å². The van der Waals surface area contributed by atoms with Crippen molar-refractivity contribution in [2.75, 3.05) is 0 Å². The second-order valence-electron chi connectivity index (χ2n) is 10.9. The van der Waals surface area contributed by atoms with Crippen LogP contribution in [0.1, 0.15) is 52.4 Å². The monoisotopic (exact) mass is 694 g/mol. The number of hydrogen-bond acceptors (Lipinski definition) is 2. The molecule has 222 valence electrons. The molecule has 0 heterocycles. The molecule has 0 radical (unpaired) electrons. The van der Waals surface area contributed by atoms with Crippen molar-refractivity contribution in [1.82, 2.24) is 0 Å². The molecule has 4 aliphatic rings. The van der Waals surface area contributed by atoms with Gasteiger partial charge in [0, 0.05) is 6.42 Å². The van der Waals surface area contributed by atoms with Gasteiger partial charge in [-0.25, -0.2) is 0 Å². The minimum Gasteiger partial charge on any atom is -0.457 e. The number of hydrogen-bond donors (Lipinski definition) is 0. The van der Waals surface area contributed by atoms with Crippen LogP contribution in [0.4, 0.5) is 57.1 Å². The lowest BCUT2D eigenvalue weighted by atomic mass is 9.47. The van der Waals surface area contributed by atoms with E-state index in [0.717, 1.165) is 29.0 Å². The second-order valence-corrected chi connectivity index (χ2v) is 12.4. The van der Waals surface area contributed by atoms with E-state index in [1.54, 1.807) is 13.8 Å². The number of alkyl halides is 14. The van der Waals surface area contributed by atoms with Crippen LogP contribution in [0.5, 0.6) is 0 Å². The van der Waals surface area contributed by atoms with E-state index in [-0.39, 0.29) is 17.8 Å². The Labute approximate surface area is 222 Å². The first kappa shape index (κ1) is 31.8. The van der Waals surface area contributed by atoms with Crippen LogP contribution in [0, 0.1) is 29.6 Å². The lowest BCUT2D eigenvalue weighted by molar-refractivity contribution is -0.440. The molecule has 4 aliphatic carbocycles. The van der Waals surface area contributed by atoms with Crippen LogP contribution in [0.3, 0.4) is 0 Å². The largest absolute Gasteiger partial charge is 0.460 e. The highest BCUT2D eigenvalue weighted by Gasteiger charge is 2.90. The van der Waals surface area contributed by atoms with Crippen LogP contribution in [0.15, 0.2) is 0 Å². The Hall–Kier alpha value is -0.710. The molecule has 0 amide bonds. The molecule has 0 aromatic heterocycles. The normalized spacial score (nSPS) is 31.6. The standard InChI is InChI=1S/C22H24F13IO2/c1-9(2)17(12-4-10-3-11(6-12)7-13(17)5-10)38-15(37)14(36)8-16(23,24)18(25,26)19(27,28)20(29,30)21(31,32)22(33,34)35/h9-14H,3-8H2,1-2H3. The number of esters is 1. The van der Waals surface area contributed by atoms with Gasteiger partial charge in [-0.05, 0) is 61.7 Å². The van der Waals surface area contributed by atoms with E-state index in [2.05, 4.69) is 0 Å². The van der Waals surface area contributed by atoms with Crippen LogP contribution in [0.2, 0.25) is 0 Å². The van der Waals surface area contributed by atoms with Gasteiger partial charge in [0.15, 0.2) is 0 Å². The first-order chi connectivity index (χ1) is 16.9. The molecule has 4 bridgehead atoms. The maximum atomic E-state index is 14.3. The average Bonchev–Trinajstić information content (AvgIpc) is 2.73. The zero-order chi connectivity index (χ0) is 29.5. The summed E-state index contributed by atoms with van der Waals surface area (Å²) in [5.74, 6) is -38.9. The van der Waals surface area contributed by atoms with Gasteiger partial charge in [-0.2, -0.15) is 57.1 Å². The molecular formula is C22H24F13IO2. The van der Waals surface area contributed by atoms with E-state index >= 15 is 0 Å². The van der Waals surface area contributed by atoms with E-state index in [4.69, 9.17) is 4.74 Å². The molecule has 0 saturated heterocycles. The molecule has 0 aromatic rings. The van der Waals surface area contributed by atoms with Gasteiger partial charge in [-0.1, -0.05) is 36.4 Å². The van der Waals surface area contributed by atoms with Crippen LogP contribution < -0.4 is 0 Å². The van der Waals surface area contributed by atoms with Crippen LogP contribution >= 0.6 is 22.6 Å². The number of halogens is 14. The lowest BCUT2D eigenvalue weighted by Crippen LogP contribution is -2.70. The van der Waals surface area contributed by atoms with E-state index in [9.17, 15) is 61.9 Å². The molecule has 1 unspecified atom stereocenters. The minimum absolute atomic E-state index is 0.180. The van der Waals surface area contributed by atoms with Crippen molar-refractivity contribution in [3.63, 3.8) is 0 Å². The molecule has 4 fully saturated rings. The third kappa shape index (κ3) is 4.48. The molecular weight excluding hydrogens is 670 g/mol. The van der Waals surface area contributed by atoms with Crippen molar-refractivity contribution in [2.24, 2.45) is 29.6 Å². The van der Waals surface area contributed by atoms with Gasteiger partial charge in [0.05, 0.1) is 0 Å². The molecule has 4 rings (SSSR count). The highest BCUT2D eigenvalue weighted by Crippen LogP contribution is 2.63. The third-order valence-electron chi connectivity index (χ3n) is 8.28. The summed E-state index contributed by atoms with van der Waals surface area (Å²) in [5.41, 5.74) is -1.17. The lowest BCUT2D eigenvalue weighted by Gasteiger charge is -2.62. The average molecular weight is 694 g/mol. The molecule has 0 N–H and O–H groups in total. The van der Waals surface area contributed by atoms with Gasteiger partial charge in [-0.15, -0.1) is 0 Å². The van der Waals surface area contributed by atoms with Crippen molar-refractivity contribution in [1.29, 1.82) is 0 Å². The van der Waals surface area contributed by atoms with Gasteiger partial charge in [-0.3, -0.25) is 4.79 Å². The van der Waals surface area contributed by atoms with Crippen molar-refractivity contribution in [3.05, 3.63) is 0 Å². The fourth-order valence-electron chi connectivity index (χ4n) is 6.62. The maximum Gasteiger partial charge on any atom is 0.460 e. The molecule has 1 atom stereocenters. The molecule has 0 aliphatic heterocycles. The summed E-state index contributed by atoms with van der Waals surface area (Å²) in [6.45, 7) is 3.40. The quantitative estimate of drug-likeness (QED) is 0.105. The number of carbonyl (C=O) groups is 1. The Morgan fingerprint density at radius 3 is 1.50 bits per heavy atom. The van der Waals surface area contributed by atoms with E-state index in [1.807, 2.05) is 0 Å². The summed E-state index contributed by atoms with van der Waals surface area (Å²) in [6, 6.07) is 0. The molecule has 4 saturated carbocycles. The highest BCUT2D eigenvalue weighted by atomic mass is 127. The maximum absolute atomic E-state index is 14.3. The molecule has 0 aromatic carbocycles. The molecule has 16 heteroatoms. The summed E-state index contributed by atoms with van der Waals surface area (Å²) in [7, 11) is 0. The summed E-state index contributed by atoms with van der Waals surface area (Å²) in [6.07, 6.45) is -6.43. The summed E-state index contributed by atoms with van der Waals surface area (Å²) < 4.78 is 177. The number of carbonyl (C=O) groups excluding carboxylic acids is 1. The molecule has 0 spiro atoms. The Morgan fingerprint density at radius 2 is 1.13 bits per heavy atom. The van der Waals surface area contributed by atoms with Gasteiger partial charge in [0.1, 0.15) is 9.53 Å². The first-order valence-corrected chi connectivity index (χ1v) is 12.9. The molecule has 2 nitrogen and oxygen atoms in total. The van der Waals surface area contributed by atoms with E-state index in [0.29, 0.717) is 37.5 Å². The molecule has 38 heavy (non-hydrogen) atoms. The summed E-state index contributed by atoms with van der Waals surface area (Å²) >= 11 is 0.846. The Bertz CT molecular complexity index is 887. The Morgan fingerprint density at radius 1 is 0.737 bits per heavy atom. The van der Waals surface area contributed by atoms with Crippen molar-refractivity contribution < 1.29 is 66.6 Å². The van der Waals surface area contributed by atoms with Gasteiger partial charge in [0.25, 0.3) is 0 Å². The topological polar surface area (TPSA) is 26.3 Å². The SMILES string of the molecule is CC(C)C1(OC(=O)C(I)CC(F)(F)C(F)(F)C(F)(F)C(F)(F)C(F)(F)C(F)(F)F)C2CC3CC(C2)CC1C3. The van der Waals surface area contributed by atoms with Crippen molar-refractivity contribution in [3.8, 4) is 0 Å². The van der Waals surface area contributed by atoms with E-state index < -0.39 is 57.7 Å². The Kier molecular flexibility index (Phi) is 7.88. The number of ether oxygens (including phenoxy) is 1. The predicted octanol–water partition coefficient (Wildman–Crippen LogP) is 8.31. The Balaban J connectivity index is 1.83. The van der Waals surface area contributed by atoms with Crippen molar-refractivity contribution >= 4 is 28.6 Å². The first-order valence-electron chi connectivity index (χ1n) is 11.7. The fourth-order valence-corrected chi connectivity index (χ4v) is 7.31. The predicted molar refractivity (Wildman–Crippen MR) is 114 cm³/mol. The van der Waals surface area contributed by atoms with Crippen LogP contribution in [-0.2, 0) is 9.53 Å². The van der Waals surface area contributed by atoms with Gasteiger partial charge >= 0.3 is 41.8 Å².